The van der Waals surface area contributed by atoms with Crippen LogP contribution in [0.3, 0.4) is 0 Å². The lowest BCUT2D eigenvalue weighted by molar-refractivity contribution is -0.142. The van der Waals surface area contributed by atoms with Crippen molar-refractivity contribution in [3.8, 4) is 0 Å². The lowest BCUT2D eigenvalue weighted by Gasteiger charge is -2.33. The Morgan fingerprint density at radius 3 is 2.46 bits per heavy atom. The molecule has 1 atom stereocenters. The lowest BCUT2D eigenvalue weighted by Crippen LogP contribution is -2.35. The number of carbonyl (C=O) groups is 2. The lowest BCUT2D eigenvalue weighted by atomic mass is 9.97. The van der Waals surface area contributed by atoms with Crippen molar-refractivity contribution in [3.05, 3.63) is 76.7 Å². The zero-order chi connectivity index (χ0) is 24.8. The van der Waals surface area contributed by atoms with Crippen LogP contribution in [0.5, 0.6) is 0 Å². The van der Waals surface area contributed by atoms with Gasteiger partial charge in [0.15, 0.2) is 0 Å². The minimum Gasteiger partial charge on any atom is -0.481 e. The fraction of sp³-hybridized carbons (Fsp3) is 0.370. The molecule has 1 aliphatic rings. The van der Waals surface area contributed by atoms with E-state index in [9.17, 15) is 19.5 Å². The highest BCUT2D eigenvalue weighted by atomic mass is 16.5. The average molecular weight is 479 g/mol. The van der Waals surface area contributed by atoms with Crippen LogP contribution in [0.25, 0.3) is 10.8 Å². The van der Waals surface area contributed by atoms with Crippen molar-refractivity contribution in [1.29, 1.82) is 0 Å². The van der Waals surface area contributed by atoms with Crippen molar-refractivity contribution in [1.82, 2.24) is 4.57 Å². The van der Waals surface area contributed by atoms with Gasteiger partial charge in [0.05, 0.1) is 6.61 Å². The quantitative estimate of drug-likeness (QED) is 0.454. The van der Waals surface area contributed by atoms with Crippen molar-refractivity contribution in [2.24, 2.45) is 5.92 Å². The summed E-state index contributed by atoms with van der Waals surface area (Å²) < 4.78 is 7.04. The number of nitrogens with zero attached hydrogens (tertiary/aromatic N) is 2. The highest BCUT2D eigenvalue weighted by Gasteiger charge is 2.23. The Balaban J connectivity index is 1.39. The summed E-state index contributed by atoms with van der Waals surface area (Å²) in [6.45, 7) is 3.17. The Labute approximate surface area is 203 Å². The van der Waals surface area contributed by atoms with Crippen LogP contribution in [0.1, 0.15) is 37.3 Å². The molecule has 184 valence electrons. The van der Waals surface area contributed by atoms with Crippen molar-refractivity contribution in [2.45, 2.75) is 38.3 Å². The molecule has 1 saturated heterocycles. The number of aliphatic carboxylic acids is 2. The monoisotopic (exact) mass is 478 g/mol. The maximum atomic E-state index is 13.0. The highest BCUT2D eigenvalue weighted by Crippen LogP contribution is 2.26. The van der Waals surface area contributed by atoms with Gasteiger partial charge in [-0.15, -0.1) is 0 Å². The molecule has 3 aromatic rings. The molecule has 2 heterocycles. The number of piperidine rings is 1. The second-order valence-corrected chi connectivity index (χ2v) is 9.02. The summed E-state index contributed by atoms with van der Waals surface area (Å²) >= 11 is 0. The largest absolute Gasteiger partial charge is 0.481 e. The summed E-state index contributed by atoms with van der Waals surface area (Å²) in [5.74, 6) is -1.80. The maximum absolute atomic E-state index is 13.0. The zero-order valence-electron chi connectivity index (χ0n) is 19.5. The summed E-state index contributed by atoms with van der Waals surface area (Å²) in [7, 11) is 0. The van der Waals surface area contributed by atoms with Crippen LogP contribution in [0.2, 0.25) is 0 Å². The molecule has 8 heteroatoms. The van der Waals surface area contributed by atoms with E-state index in [1.54, 1.807) is 12.1 Å². The van der Waals surface area contributed by atoms with Crippen molar-refractivity contribution >= 4 is 28.4 Å². The number of hydrogen-bond donors (Lipinski definition) is 2. The van der Waals surface area contributed by atoms with Crippen LogP contribution < -0.4 is 10.5 Å². The van der Waals surface area contributed by atoms with Gasteiger partial charge in [0, 0.05) is 43.4 Å². The molecule has 0 bridgehead atoms. The Bertz CT molecular complexity index is 1230. The Kier molecular flexibility index (Phi) is 7.82. The summed E-state index contributed by atoms with van der Waals surface area (Å²) in [6, 6.07) is 16.2. The first-order valence-electron chi connectivity index (χ1n) is 11.9. The number of anilines is 1. The van der Waals surface area contributed by atoms with Crippen molar-refractivity contribution in [3.63, 3.8) is 0 Å². The SMILES string of the molecule is O=C(O)CCC(C(=O)O)n1ccc2cc(N3CCC(COCc4ccccc4)CC3)ccc2c1=O. The smallest absolute Gasteiger partial charge is 0.326 e. The van der Waals surface area contributed by atoms with Crippen LogP contribution in [-0.4, -0.2) is 46.4 Å². The van der Waals surface area contributed by atoms with E-state index in [0.717, 1.165) is 48.2 Å². The normalized spacial score (nSPS) is 15.3. The number of fused-ring (bicyclic) bond motifs is 1. The van der Waals surface area contributed by atoms with Gasteiger partial charge in [-0.1, -0.05) is 30.3 Å². The number of carboxylic acid groups (broad SMARTS) is 2. The van der Waals surface area contributed by atoms with Crippen molar-refractivity contribution < 1.29 is 24.5 Å². The first-order chi connectivity index (χ1) is 16.9. The molecule has 35 heavy (non-hydrogen) atoms. The third kappa shape index (κ3) is 6.08. The molecule has 2 aromatic carbocycles. The molecule has 1 unspecified atom stereocenters. The van der Waals surface area contributed by atoms with Crippen molar-refractivity contribution in [2.75, 3.05) is 24.6 Å². The molecule has 1 aliphatic heterocycles. The number of rotatable bonds is 10. The number of ether oxygens (including phenoxy) is 1. The van der Waals surface area contributed by atoms with Crippen LogP contribution in [0.4, 0.5) is 5.69 Å². The summed E-state index contributed by atoms with van der Waals surface area (Å²) in [6.07, 6.45) is 3.02. The van der Waals surface area contributed by atoms with E-state index in [1.165, 1.54) is 11.8 Å². The van der Waals surface area contributed by atoms with E-state index in [-0.39, 0.29) is 12.8 Å². The van der Waals surface area contributed by atoms with Crippen LogP contribution in [0.15, 0.2) is 65.6 Å². The summed E-state index contributed by atoms with van der Waals surface area (Å²) in [5, 5.41) is 19.6. The predicted octanol–water partition coefficient (Wildman–Crippen LogP) is 3.93. The molecule has 0 saturated carbocycles. The predicted molar refractivity (Wildman–Crippen MR) is 133 cm³/mol. The van der Waals surface area contributed by atoms with Gasteiger partial charge >= 0.3 is 11.9 Å². The molecule has 2 N–H and O–H groups in total. The van der Waals surface area contributed by atoms with Crippen LogP contribution >= 0.6 is 0 Å². The molecule has 0 aliphatic carbocycles. The third-order valence-electron chi connectivity index (χ3n) is 6.61. The van der Waals surface area contributed by atoms with Gasteiger partial charge in [-0.25, -0.2) is 4.79 Å². The number of hydrogen-bond acceptors (Lipinski definition) is 5. The minimum absolute atomic E-state index is 0.155. The molecule has 4 rings (SSSR count). The Morgan fingerprint density at radius 2 is 1.77 bits per heavy atom. The standard InChI is InChI=1S/C27H30N2O6/c30-25(31)9-8-24(27(33)34)29-15-12-21-16-22(6-7-23(21)26(29)32)28-13-10-20(11-14-28)18-35-17-19-4-2-1-3-5-19/h1-7,12,15-16,20,24H,8-11,13-14,17-18H2,(H,30,31)(H,33,34). The number of benzene rings is 2. The Morgan fingerprint density at radius 1 is 1.03 bits per heavy atom. The van der Waals surface area contributed by atoms with Gasteiger partial charge in [0.2, 0.25) is 0 Å². The average Bonchev–Trinajstić information content (AvgIpc) is 2.86. The van der Waals surface area contributed by atoms with E-state index < -0.39 is 23.5 Å². The van der Waals surface area contributed by atoms with E-state index in [2.05, 4.69) is 17.0 Å². The topological polar surface area (TPSA) is 109 Å². The second-order valence-electron chi connectivity index (χ2n) is 9.02. The van der Waals surface area contributed by atoms with Gasteiger partial charge in [0.25, 0.3) is 5.56 Å². The van der Waals surface area contributed by atoms with E-state index in [0.29, 0.717) is 17.9 Å². The molecule has 0 radical (unpaired) electrons. The number of aromatic nitrogens is 1. The van der Waals surface area contributed by atoms with Gasteiger partial charge in [-0.05, 0) is 60.4 Å². The number of pyridine rings is 1. The molecule has 1 fully saturated rings. The van der Waals surface area contributed by atoms with Gasteiger partial charge in [0.1, 0.15) is 6.04 Å². The number of carboxylic acids is 2. The van der Waals surface area contributed by atoms with E-state index in [1.807, 2.05) is 30.3 Å². The second kappa shape index (κ2) is 11.2. The molecular formula is C27H30N2O6. The first-order valence-corrected chi connectivity index (χ1v) is 11.9. The fourth-order valence-corrected chi connectivity index (χ4v) is 4.61. The minimum atomic E-state index is -1.22. The maximum Gasteiger partial charge on any atom is 0.326 e. The molecule has 8 nitrogen and oxygen atoms in total. The molecule has 0 spiro atoms. The molecule has 0 amide bonds. The molecular weight excluding hydrogens is 448 g/mol. The van der Waals surface area contributed by atoms with E-state index >= 15 is 0 Å². The van der Waals surface area contributed by atoms with Gasteiger partial charge < -0.3 is 24.4 Å². The van der Waals surface area contributed by atoms with E-state index in [4.69, 9.17) is 9.84 Å². The van der Waals surface area contributed by atoms with Gasteiger partial charge in [-0.2, -0.15) is 0 Å². The fourth-order valence-electron chi connectivity index (χ4n) is 4.61. The van der Waals surface area contributed by atoms with Gasteiger partial charge in [-0.3, -0.25) is 9.59 Å². The summed E-state index contributed by atoms with van der Waals surface area (Å²) in [5.41, 5.74) is 1.77. The van der Waals surface area contributed by atoms with Crippen LogP contribution in [-0.2, 0) is 20.9 Å². The first kappa shape index (κ1) is 24.5. The third-order valence-corrected chi connectivity index (χ3v) is 6.61. The molecule has 1 aromatic heterocycles. The zero-order valence-corrected chi connectivity index (χ0v) is 19.5. The summed E-state index contributed by atoms with van der Waals surface area (Å²) in [4.78, 5) is 37.8. The van der Waals surface area contributed by atoms with Crippen LogP contribution in [0, 0.1) is 5.92 Å². The highest BCUT2D eigenvalue weighted by molar-refractivity contribution is 5.85. The Hall–Kier alpha value is -3.65.